The van der Waals surface area contributed by atoms with Crippen LogP contribution in [0.2, 0.25) is 0 Å². The van der Waals surface area contributed by atoms with Gasteiger partial charge in [-0.05, 0) is 128 Å². The standard InChI is InChI=1S/C66H44N2O/c1-2-13-45(14-3-1)46-31-33-51(34-32-46)52-15-10-17-56(43-52)67(57-18-11-16-53(44-57)58-22-12-26-65-66(58)61-21-6-9-25-64(61)69-65)54-39-35-49(36-40-54)47-27-29-48(30-28-47)50-37-41-55(42-38-50)68-62-23-7-4-19-59(62)60-20-5-8-24-63(60)68/h1-44H. The third-order valence-corrected chi connectivity index (χ3v) is 13.6. The highest BCUT2D eigenvalue weighted by Crippen LogP contribution is 2.42. The maximum absolute atomic E-state index is 6.32. The summed E-state index contributed by atoms with van der Waals surface area (Å²) in [6.45, 7) is 0. The number of aromatic nitrogens is 1. The quantitative estimate of drug-likeness (QED) is 0.144. The van der Waals surface area contributed by atoms with Crippen molar-refractivity contribution < 1.29 is 4.42 Å². The second-order valence-corrected chi connectivity index (χ2v) is 17.7. The predicted octanol–water partition coefficient (Wildman–Crippen LogP) is 18.5. The molecule has 11 aromatic carbocycles. The Balaban J connectivity index is 0.837. The predicted molar refractivity (Wildman–Crippen MR) is 290 cm³/mol. The lowest BCUT2D eigenvalue weighted by molar-refractivity contribution is 0.669. The molecule has 324 valence electrons. The minimum Gasteiger partial charge on any atom is -0.456 e. The first-order valence-corrected chi connectivity index (χ1v) is 23.6. The highest BCUT2D eigenvalue weighted by atomic mass is 16.3. The Kier molecular flexibility index (Phi) is 9.84. The van der Waals surface area contributed by atoms with Crippen molar-refractivity contribution in [1.29, 1.82) is 0 Å². The topological polar surface area (TPSA) is 21.3 Å². The molecular weight excluding hydrogens is 837 g/mol. The summed E-state index contributed by atoms with van der Waals surface area (Å²) in [5.74, 6) is 0. The maximum atomic E-state index is 6.32. The summed E-state index contributed by atoms with van der Waals surface area (Å²) in [6.07, 6.45) is 0. The lowest BCUT2D eigenvalue weighted by Gasteiger charge is -2.27. The molecule has 0 bridgehead atoms. The van der Waals surface area contributed by atoms with E-state index in [-0.39, 0.29) is 0 Å². The first kappa shape index (κ1) is 40.1. The van der Waals surface area contributed by atoms with E-state index < -0.39 is 0 Å². The van der Waals surface area contributed by atoms with Crippen LogP contribution in [0.25, 0.3) is 105 Å². The Bertz CT molecular complexity index is 3920. The molecule has 69 heavy (non-hydrogen) atoms. The molecule has 0 N–H and O–H groups in total. The van der Waals surface area contributed by atoms with Gasteiger partial charge in [0.25, 0.3) is 0 Å². The Morgan fingerprint density at radius 3 is 1.30 bits per heavy atom. The van der Waals surface area contributed by atoms with Crippen LogP contribution in [0, 0.1) is 0 Å². The number of hydrogen-bond acceptors (Lipinski definition) is 2. The van der Waals surface area contributed by atoms with Gasteiger partial charge in [0.2, 0.25) is 0 Å². The molecule has 0 spiro atoms. The van der Waals surface area contributed by atoms with Gasteiger partial charge in [-0.25, -0.2) is 0 Å². The van der Waals surface area contributed by atoms with E-state index in [1.165, 1.54) is 55.2 Å². The SMILES string of the molecule is c1ccc(-c2ccc(-c3cccc(N(c4ccc(-c5ccc(-c6ccc(-n7c8ccccc8c8ccccc87)cc6)cc5)cc4)c4cccc(-c5cccc6oc7ccccc7c56)c4)c3)cc2)cc1. The minimum absolute atomic E-state index is 0.888. The Morgan fingerprint density at radius 1 is 0.275 bits per heavy atom. The molecule has 2 aromatic heterocycles. The Hall–Kier alpha value is -9.18. The van der Waals surface area contributed by atoms with E-state index in [4.69, 9.17) is 4.42 Å². The summed E-state index contributed by atoms with van der Waals surface area (Å²) in [6, 6.07) is 96.0. The van der Waals surface area contributed by atoms with Gasteiger partial charge in [0.05, 0.1) is 11.0 Å². The van der Waals surface area contributed by atoms with Crippen molar-refractivity contribution in [2.45, 2.75) is 0 Å². The number of rotatable bonds is 9. The second kappa shape index (κ2) is 16.9. The monoisotopic (exact) mass is 880 g/mol. The van der Waals surface area contributed by atoms with Crippen molar-refractivity contribution in [2.75, 3.05) is 4.90 Å². The Morgan fingerprint density at radius 2 is 0.696 bits per heavy atom. The number of anilines is 3. The molecule has 3 heteroatoms. The molecule has 0 aliphatic carbocycles. The molecule has 3 nitrogen and oxygen atoms in total. The fourth-order valence-corrected chi connectivity index (χ4v) is 10.2. The summed E-state index contributed by atoms with van der Waals surface area (Å²) < 4.78 is 8.69. The molecule has 0 saturated carbocycles. The number of hydrogen-bond donors (Lipinski definition) is 0. The molecule has 13 aromatic rings. The molecule has 2 heterocycles. The summed E-state index contributed by atoms with van der Waals surface area (Å²) >= 11 is 0. The van der Waals surface area contributed by atoms with Crippen LogP contribution in [-0.4, -0.2) is 4.57 Å². The number of benzene rings is 11. The Labute approximate surface area is 401 Å². The van der Waals surface area contributed by atoms with Crippen LogP contribution in [0.1, 0.15) is 0 Å². The number of fused-ring (bicyclic) bond motifs is 6. The normalized spacial score (nSPS) is 11.5. The van der Waals surface area contributed by atoms with Crippen LogP contribution in [-0.2, 0) is 0 Å². The largest absolute Gasteiger partial charge is 0.456 e. The fourth-order valence-electron chi connectivity index (χ4n) is 10.2. The average molecular weight is 881 g/mol. The van der Waals surface area contributed by atoms with Crippen LogP contribution in [0.4, 0.5) is 17.1 Å². The zero-order valence-electron chi connectivity index (χ0n) is 37.7. The van der Waals surface area contributed by atoms with E-state index in [2.05, 4.69) is 264 Å². The summed E-state index contributed by atoms with van der Waals surface area (Å²) in [5, 5.41) is 4.79. The zero-order chi connectivity index (χ0) is 45.7. The van der Waals surface area contributed by atoms with Crippen molar-refractivity contribution >= 4 is 60.8 Å². The van der Waals surface area contributed by atoms with Gasteiger partial charge in [-0.15, -0.1) is 0 Å². The van der Waals surface area contributed by atoms with Gasteiger partial charge in [0.1, 0.15) is 11.2 Å². The zero-order valence-corrected chi connectivity index (χ0v) is 37.7. The van der Waals surface area contributed by atoms with Crippen LogP contribution >= 0.6 is 0 Å². The highest BCUT2D eigenvalue weighted by Gasteiger charge is 2.18. The number of nitrogens with zero attached hydrogens (tertiary/aromatic N) is 2. The summed E-state index contributed by atoms with van der Waals surface area (Å²) in [7, 11) is 0. The number of para-hydroxylation sites is 3. The van der Waals surface area contributed by atoms with Crippen LogP contribution in [0.3, 0.4) is 0 Å². The lowest BCUT2D eigenvalue weighted by Crippen LogP contribution is -2.10. The molecule has 0 atom stereocenters. The van der Waals surface area contributed by atoms with Gasteiger partial charge in [-0.2, -0.15) is 0 Å². The van der Waals surface area contributed by atoms with Crippen molar-refractivity contribution in [1.82, 2.24) is 4.57 Å². The van der Waals surface area contributed by atoms with E-state index in [0.717, 1.165) is 66.9 Å². The van der Waals surface area contributed by atoms with Crippen LogP contribution < -0.4 is 4.90 Å². The molecule has 0 amide bonds. The molecule has 0 fully saturated rings. The van der Waals surface area contributed by atoms with Gasteiger partial charge < -0.3 is 13.9 Å². The van der Waals surface area contributed by atoms with Gasteiger partial charge in [-0.1, -0.05) is 194 Å². The average Bonchev–Trinajstić information content (AvgIpc) is 3.98. The highest BCUT2D eigenvalue weighted by molar-refractivity contribution is 6.13. The van der Waals surface area contributed by atoms with E-state index in [9.17, 15) is 0 Å². The first-order valence-electron chi connectivity index (χ1n) is 23.6. The molecule has 0 saturated heterocycles. The molecule has 0 unspecified atom stereocenters. The third-order valence-electron chi connectivity index (χ3n) is 13.6. The summed E-state index contributed by atoms with van der Waals surface area (Å²) in [5.41, 5.74) is 20.3. The van der Waals surface area contributed by atoms with E-state index in [1.54, 1.807) is 0 Å². The van der Waals surface area contributed by atoms with Crippen molar-refractivity contribution in [2.24, 2.45) is 0 Å². The van der Waals surface area contributed by atoms with Gasteiger partial charge >= 0.3 is 0 Å². The van der Waals surface area contributed by atoms with Crippen LogP contribution in [0.15, 0.2) is 271 Å². The van der Waals surface area contributed by atoms with Crippen molar-refractivity contribution in [3.63, 3.8) is 0 Å². The third kappa shape index (κ3) is 7.25. The fraction of sp³-hybridized carbons (Fsp3) is 0. The van der Waals surface area contributed by atoms with Crippen molar-refractivity contribution in [3.8, 4) is 61.3 Å². The minimum atomic E-state index is 0.888. The lowest BCUT2D eigenvalue weighted by atomic mass is 9.98. The van der Waals surface area contributed by atoms with E-state index in [1.807, 2.05) is 12.1 Å². The smallest absolute Gasteiger partial charge is 0.136 e. The van der Waals surface area contributed by atoms with Gasteiger partial charge in [0, 0.05) is 44.3 Å². The molecule has 0 radical (unpaired) electrons. The summed E-state index contributed by atoms with van der Waals surface area (Å²) in [4.78, 5) is 2.37. The van der Waals surface area contributed by atoms with Crippen LogP contribution in [0.5, 0.6) is 0 Å². The number of furan rings is 1. The van der Waals surface area contributed by atoms with E-state index >= 15 is 0 Å². The van der Waals surface area contributed by atoms with Gasteiger partial charge in [-0.3, -0.25) is 0 Å². The second-order valence-electron chi connectivity index (χ2n) is 17.7. The molecule has 0 aliphatic rings. The molecule has 0 aliphatic heterocycles. The molecule has 13 rings (SSSR count). The van der Waals surface area contributed by atoms with Crippen molar-refractivity contribution in [3.05, 3.63) is 267 Å². The van der Waals surface area contributed by atoms with Gasteiger partial charge in [0.15, 0.2) is 0 Å². The first-order chi connectivity index (χ1) is 34.2. The maximum Gasteiger partial charge on any atom is 0.136 e. The molecular formula is C66H44N2O. The van der Waals surface area contributed by atoms with E-state index in [0.29, 0.717) is 0 Å².